The molecule has 9 heteroatoms. The first kappa shape index (κ1) is 29.6. The van der Waals surface area contributed by atoms with Crippen molar-refractivity contribution in [3.63, 3.8) is 0 Å². The van der Waals surface area contributed by atoms with Gasteiger partial charge in [0.2, 0.25) is 0 Å². The van der Waals surface area contributed by atoms with Gasteiger partial charge in [-0.15, -0.1) is 11.8 Å². The Morgan fingerprint density at radius 2 is 0.949 bits per heavy atom. The number of hydrogen-bond donors (Lipinski definition) is 0. The molecular formula is C30H18Cl4F4S. The molecule has 4 rings (SSSR count). The van der Waals surface area contributed by atoms with Crippen molar-refractivity contribution in [2.24, 2.45) is 0 Å². The van der Waals surface area contributed by atoms with Crippen LogP contribution >= 0.6 is 58.2 Å². The minimum absolute atomic E-state index is 0.178. The maximum absolute atomic E-state index is 14.4. The Labute approximate surface area is 247 Å². The van der Waals surface area contributed by atoms with Gasteiger partial charge in [-0.3, -0.25) is 0 Å². The van der Waals surface area contributed by atoms with E-state index in [0.29, 0.717) is 31.2 Å². The zero-order valence-electron chi connectivity index (χ0n) is 19.8. The Hall–Kier alpha value is -2.41. The number of halogens is 8. The second kappa shape index (κ2) is 13.3. The van der Waals surface area contributed by atoms with E-state index in [-0.39, 0.29) is 11.1 Å². The maximum Gasteiger partial charge on any atom is 0.133 e. The van der Waals surface area contributed by atoms with Crippen LogP contribution in [0.2, 0.25) is 20.1 Å². The van der Waals surface area contributed by atoms with Crippen LogP contribution in [-0.2, 0) is 0 Å². The lowest BCUT2D eigenvalue weighted by molar-refractivity contribution is 0.581. The number of rotatable bonds is 8. The van der Waals surface area contributed by atoms with Gasteiger partial charge in [-0.05, 0) is 59.7 Å². The number of benzene rings is 4. The summed E-state index contributed by atoms with van der Waals surface area (Å²) in [6.07, 6.45) is 6.50. The summed E-state index contributed by atoms with van der Waals surface area (Å²) in [4.78, 5) is 0. The Morgan fingerprint density at radius 3 is 1.31 bits per heavy atom. The summed E-state index contributed by atoms with van der Waals surface area (Å²) in [5.74, 6) is -2.82. The van der Waals surface area contributed by atoms with Crippen molar-refractivity contribution in [1.82, 2.24) is 0 Å². The van der Waals surface area contributed by atoms with Crippen molar-refractivity contribution >= 4 is 70.3 Å². The van der Waals surface area contributed by atoms with E-state index >= 15 is 0 Å². The minimum atomic E-state index is -0.721. The van der Waals surface area contributed by atoms with Crippen molar-refractivity contribution in [3.05, 3.63) is 151 Å². The molecule has 0 amide bonds. The third-order valence-electron chi connectivity index (χ3n) is 5.66. The zero-order chi connectivity index (χ0) is 28.1. The van der Waals surface area contributed by atoms with Gasteiger partial charge < -0.3 is 0 Å². The fraction of sp³-hybridized carbons (Fsp3) is 0.0667. The van der Waals surface area contributed by atoms with Crippen molar-refractivity contribution in [3.8, 4) is 0 Å². The van der Waals surface area contributed by atoms with Crippen LogP contribution in [0.3, 0.4) is 0 Å². The van der Waals surface area contributed by atoms with E-state index in [9.17, 15) is 17.6 Å². The predicted molar refractivity (Wildman–Crippen MR) is 157 cm³/mol. The molecular weight excluding hydrogens is 610 g/mol. The molecule has 4 aromatic carbocycles. The van der Waals surface area contributed by atoms with E-state index < -0.39 is 33.8 Å². The lowest BCUT2D eigenvalue weighted by atomic mass is 10.1. The van der Waals surface area contributed by atoms with Gasteiger partial charge in [0.25, 0.3) is 0 Å². The summed E-state index contributed by atoms with van der Waals surface area (Å²) in [6.45, 7) is 0. The number of thioether (sulfide) groups is 1. The Balaban J connectivity index is 1.78. The summed E-state index contributed by atoms with van der Waals surface area (Å²) >= 11 is 26.7. The summed E-state index contributed by atoms with van der Waals surface area (Å²) in [5.41, 5.74) is 1.69. The van der Waals surface area contributed by atoms with Crippen LogP contribution < -0.4 is 0 Å². The fourth-order valence-electron chi connectivity index (χ4n) is 3.72. The van der Waals surface area contributed by atoms with Gasteiger partial charge in [0.15, 0.2) is 0 Å². The molecule has 0 saturated heterocycles. The molecule has 0 saturated carbocycles. The first-order valence-corrected chi connectivity index (χ1v) is 13.9. The van der Waals surface area contributed by atoms with Crippen LogP contribution in [0.25, 0.3) is 12.2 Å². The molecule has 0 fully saturated rings. The number of hydrogen-bond acceptors (Lipinski definition) is 1. The molecule has 0 heterocycles. The van der Waals surface area contributed by atoms with Crippen LogP contribution in [0.5, 0.6) is 0 Å². The molecule has 0 radical (unpaired) electrons. The highest BCUT2D eigenvalue weighted by atomic mass is 35.5. The molecule has 0 bridgehead atoms. The van der Waals surface area contributed by atoms with Gasteiger partial charge in [0.05, 0.1) is 10.5 Å². The van der Waals surface area contributed by atoms with Crippen LogP contribution in [0.4, 0.5) is 17.6 Å². The summed E-state index contributed by atoms with van der Waals surface area (Å²) < 4.78 is 55.6. The van der Waals surface area contributed by atoms with Crippen LogP contribution in [-0.4, -0.2) is 0 Å². The monoisotopic (exact) mass is 626 g/mol. The highest BCUT2D eigenvalue weighted by Gasteiger charge is 2.21. The Bertz CT molecular complexity index is 1440. The van der Waals surface area contributed by atoms with Gasteiger partial charge in [0.1, 0.15) is 23.3 Å². The van der Waals surface area contributed by atoms with Gasteiger partial charge in [-0.2, -0.15) is 0 Å². The van der Waals surface area contributed by atoms with Gasteiger partial charge in [-0.1, -0.05) is 82.8 Å². The average molecular weight is 628 g/mol. The van der Waals surface area contributed by atoms with Crippen LogP contribution in [0, 0.1) is 23.3 Å². The zero-order valence-corrected chi connectivity index (χ0v) is 23.7. The molecule has 0 aliphatic carbocycles. The Kier molecular flexibility index (Phi) is 10.1. The van der Waals surface area contributed by atoms with Crippen molar-refractivity contribution < 1.29 is 17.6 Å². The maximum atomic E-state index is 14.4. The second-order valence-corrected chi connectivity index (χ2v) is 11.3. The molecule has 2 unspecified atom stereocenters. The molecule has 200 valence electrons. The normalized spacial score (nSPS) is 13.3. The molecule has 0 spiro atoms. The van der Waals surface area contributed by atoms with Gasteiger partial charge in [-0.25, -0.2) is 17.6 Å². The van der Waals surface area contributed by atoms with E-state index in [1.54, 1.807) is 48.6 Å². The van der Waals surface area contributed by atoms with Crippen molar-refractivity contribution in [2.75, 3.05) is 0 Å². The van der Waals surface area contributed by atoms with Crippen LogP contribution in [0.1, 0.15) is 32.8 Å². The second-order valence-electron chi connectivity index (χ2n) is 8.36. The van der Waals surface area contributed by atoms with E-state index in [4.69, 9.17) is 46.4 Å². The summed E-state index contributed by atoms with van der Waals surface area (Å²) in [5, 5.41) is 0.643. The highest BCUT2D eigenvalue weighted by molar-refractivity contribution is 8.00. The SMILES string of the molecule is Fc1ccc(C=CC(SC(C=Cc2ccc(F)cc2F)c2ccc(Cl)cc2Cl)c2ccc(Cl)cc2Cl)c(F)c1. The largest absolute Gasteiger partial charge is 0.207 e. The molecule has 39 heavy (non-hydrogen) atoms. The lowest BCUT2D eigenvalue weighted by Crippen LogP contribution is -1.99. The highest BCUT2D eigenvalue weighted by Crippen LogP contribution is 2.47. The molecule has 4 aromatic rings. The standard InChI is InChI=1S/C30H18Cl4F4S/c31-19-5-9-23(25(33)13-19)29(11-3-17-1-7-21(35)15-27(17)37)39-30(24-10-6-20(32)14-26(24)34)12-4-18-2-8-22(36)16-28(18)38/h1-16,29-30H. The molecule has 0 aliphatic heterocycles. The molecule has 0 aliphatic rings. The predicted octanol–water partition coefficient (Wildman–Crippen LogP) is 11.8. The quantitative estimate of drug-likeness (QED) is 0.175. The molecule has 2 atom stereocenters. The third kappa shape index (κ3) is 7.84. The van der Waals surface area contributed by atoms with Crippen molar-refractivity contribution in [2.45, 2.75) is 10.5 Å². The smallest absolute Gasteiger partial charge is 0.133 e. The minimum Gasteiger partial charge on any atom is -0.207 e. The molecule has 0 N–H and O–H groups in total. The van der Waals surface area contributed by atoms with E-state index in [2.05, 4.69) is 0 Å². The van der Waals surface area contributed by atoms with Crippen LogP contribution in [0.15, 0.2) is 84.9 Å². The first-order chi connectivity index (χ1) is 18.6. The van der Waals surface area contributed by atoms with Crippen molar-refractivity contribution in [1.29, 1.82) is 0 Å². The summed E-state index contributed by atoms with van der Waals surface area (Å²) in [7, 11) is 0. The first-order valence-electron chi connectivity index (χ1n) is 11.4. The van der Waals surface area contributed by atoms with E-state index in [1.807, 2.05) is 0 Å². The topological polar surface area (TPSA) is 0 Å². The van der Waals surface area contributed by atoms with Gasteiger partial charge in [0, 0.05) is 43.4 Å². The lowest BCUT2D eigenvalue weighted by Gasteiger charge is -2.22. The molecule has 0 aromatic heterocycles. The fourth-order valence-corrected chi connectivity index (χ4v) is 6.26. The third-order valence-corrected chi connectivity index (χ3v) is 8.19. The summed E-state index contributed by atoms with van der Waals surface area (Å²) in [6, 6.07) is 16.6. The molecule has 0 nitrogen and oxygen atoms in total. The van der Waals surface area contributed by atoms with Gasteiger partial charge >= 0.3 is 0 Å². The van der Waals surface area contributed by atoms with E-state index in [1.165, 1.54) is 36.0 Å². The Morgan fingerprint density at radius 1 is 0.538 bits per heavy atom. The average Bonchev–Trinajstić information content (AvgIpc) is 2.86. The van der Waals surface area contributed by atoms with E-state index in [0.717, 1.165) is 24.3 Å².